The van der Waals surface area contributed by atoms with Gasteiger partial charge in [-0.2, -0.15) is 8.42 Å². The van der Waals surface area contributed by atoms with Gasteiger partial charge in [-0.15, -0.1) is 0 Å². The standard InChI is InChI=1S/C9H20N2O4S/c1-3-9(16(13,14)15)11-5-4-10-8(6-11)7(2)12/h7-10,12H,3-6H2,1-2H3,(H,13,14,15). The molecule has 3 N–H and O–H groups in total. The molecule has 3 unspecified atom stereocenters. The average Bonchev–Trinajstić information content (AvgIpc) is 2.17. The molecular formula is C9H20N2O4S. The van der Waals surface area contributed by atoms with Gasteiger partial charge < -0.3 is 10.4 Å². The number of hydrogen-bond donors (Lipinski definition) is 3. The van der Waals surface area contributed by atoms with Crippen LogP contribution in [0.25, 0.3) is 0 Å². The molecule has 1 aliphatic rings. The van der Waals surface area contributed by atoms with Crippen LogP contribution in [0.1, 0.15) is 20.3 Å². The van der Waals surface area contributed by atoms with Crippen molar-refractivity contribution < 1.29 is 18.1 Å². The molecule has 0 aromatic carbocycles. The Kier molecular flexibility index (Phi) is 4.69. The summed E-state index contributed by atoms with van der Waals surface area (Å²) in [5.41, 5.74) is 0. The third kappa shape index (κ3) is 3.39. The Morgan fingerprint density at radius 3 is 2.62 bits per heavy atom. The molecule has 0 spiro atoms. The van der Waals surface area contributed by atoms with Gasteiger partial charge >= 0.3 is 0 Å². The Morgan fingerprint density at radius 2 is 2.19 bits per heavy atom. The van der Waals surface area contributed by atoms with Gasteiger partial charge in [0.15, 0.2) is 0 Å². The highest BCUT2D eigenvalue weighted by molar-refractivity contribution is 7.86. The van der Waals surface area contributed by atoms with E-state index in [1.165, 1.54) is 0 Å². The van der Waals surface area contributed by atoms with E-state index in [-0.39, 0.29) is 6.04 Å². The molecular weight excluding hydrogens is 232 g/mol. The smallest absolute Gasteiger partial charge is 0.281 e. The zero-order valence-corrected chi connectivity index (χ0v) is 10.4. The van der Waals surface area contributed by atoms with Crippen LogP contribution in [0, 0.1) is 0 Å². The lowest BCUT2D eigenvalue weighted by atomic mass is 10.1. The predicted octanol–water partition coefficient (Wildman–Crippen LogP) is -0.735. The highest BCUT2D eigenvalue weighted by Gasteiger charge is 2.33. The Bertz CT molecular complexity index is 317. The van der Waals surface area contributed by atoms with Gasteiger partial charge in [-0.25, -0.2) is 0 Å². The van der Waals surface area contributed by atoms with Crippen LogP contribution < -0.4 is 5.32 Å². The maximum Gasteiger partial charge on any atom is 0.281 e. The largest absolute Gasteiger partial charge is 0.392 e. The molecule has 0 aliphatic carbocycles. The second kappa shape index (κ2) is 5.42. The lowest BCUT2D eigenvalue weighted by molar-refractivity contribution is 0.0833. The van der Waals surface area contributed by atoms with E-state index in [9.17, 15) is 13.5 Å². The van der Waals surface area contributed by atoms with Crippen molar-refractivity contribution >= 4 is 10.1 Å². The molecule has 1 heterocycles. The van der Waals surface area contributed by atoms with E-state index in [0.717, 1.165) is 0 Å². The summed E-state index contributed by atoms with van der Waals surface area (Å²) in [5.74, 6) is 0. The van der Waals surface area contributed by atoms with Crippen LogP contribution in [0.3, 0.4) is 0 Å². The zero-order valence-electron chi connectivity index (χ0n) is 9.63. The molecule has 96 valence electrons. The van der Waals surface area contributed by atoms with Gasteiger partial charge in [-0.3, -0.25) is 9.45 Å². The Morgan fingerprint density at radius 1 is 1.56 bits per heavy atom. The molecule has 0 radical (unpaired) electrons. The monoisotopic (exact) mass is 252 g/mol. The molecule has 1 fully saturated rings. The van der Waals surface area contributed by atoms with Gasteiger partial charge in [0.2, 0.25) is 0 Å². The number of piperazine rings is 1. The lowest BCUT2D eigenvalue weighted by Gasteiger charge is -2.38. The third-order valence-electron chi connectivity index (χ3n) is 2.92. The second-order valence-electron chi connectivity index (χ2n) is 4.17. The molecule has 6 nitrogen and oxygen atoms in total. The summed E-state index contributed by atoms with van der Waals surface area (Å²) in [4.78, 5) is 1.70. The van der Waals surface area contributed by atoms with Crippen molar-refractivity contribution in [1.82, 2.24) is 10.2 Å². The highest BCUT2D eigenvalue weighted by Crippen LogP contribution is 2.14. The number of hydrogen-bond acceptors (Lipinski definition) is 5. The first-order valence-electron chi connectivity index (χ1n) is 5.48. The van der Waals surface area contributed by atoms with E-state index in [1.807, 2.05) is 0 Å². The maximum absolute atomic E-state index is 11.2. The molecule has 16 heavy (non-hydrogen) atoms. The van der Waals surface area contributed by atoms with Crippen LogP contribution in [0.5, 0.6) is 0 Å². The van der Waals surface area contributed by atoms with Crippen LogP contribution in [0.15, 0.2) is 0 Å². The van der Waals surface area contributed by atoms with Crippen LogP contribution in [-0.2, 0) is 10.1 Å². The topological polar surface area (TPSA) is 89.9 Å². The van der Waals surface area contributed by atoms with Crippen molar-refractivity contribution in [3.05, 3.63) is 0 Å². The summed E-state index contributed by atoms with van der Waals surface area (Å²) in [6.07, 6.45) is -0.201. The predicted molar refractivity (Wildman–Crippen MR) is 60.7 cm³/mol. The maximum atomic E-state index is 11.2. The number of nitrogens with one attached hydrogen (secondary N) is 1. The summed E-state index contributed by atoms with van der Waals surface area (Å²) in [7, 11) is -4.05. The lowest BCUT2D eigenvalue weighted by Crippen LogP contribution is -2.58. The van der Waals surface area contributed by atoms with E-state index in [1.54, 1.807) is 18.7 Å². The first-order chi connectivity index (χ1) is 7.36. The Labute approximate surface area is 96.4 Å². The van der Waals surface area contributed by atoms with Gasteiger partial charge in [0.25, 0.3) is 10.1 Å². The van der Waals surface area contributed by atoms with E-state index >= 15 is 0 Å². The summed E-state index contributed by atoms with van der Waals surface area (Å²) in [6, 6.07) is -0.149. The molecule has 0 amide bonds. The molecule has 0 saturated carbocycles. The van der Waals surface area contributed by atoms with Crippen molar-refractivity contribution in [2.75, 3.05) is 19.6 Å². The molecule has 0 aromatic heterocycles. The minimum Gasteiger partial charge on any atom is -0.392 e. The van der Waals surface area contributed by atoms with Crippen molar-refractivity contribution in [1.29, 1.82) is 0 Å². The molecule has 0 aromatic rings. The molecule has 1 rings (SSSR count). The fraction of sp³-hybridized carbons (Fsp3) is 1.00. The third-order valence-corrected chi connectivity index (χ3v) is 4.24. The van der Waals surface area contributed by atoms with Crippen LogP contribution in [0.2, 0.25) is 0 Å². The molecule has 1 saturated heterocycles. The van der Waals surface area contributed by atoms with E-state index in [0.29, 0.717) is 26.1 Å². The number of rotatable bonds is 4. The summed E-state index contributed by atoms with van der Waals surface area (Å²) >= 11 is 0. The fourth-order valence-corrected chi connectivity index (χ4v) is 3.03. The van der Waals surface area contributed by atoms with Gasteiger partial charge in [-0.05, 0) is 13.3 Å². The first kappa shape index (κ1) is 13.9. The number of nitrogens with zero attached hydrogens (tertiary/aromatic N) is 1. The number of aliphatic hydroxyl groups is 1. The first-order valence-corrected chi connectivity index (χ1v) is 6.98. The van der Waals surface area contributed by atoms with Crippen LogP contribution in [-0.4, -0.2) is 60.1 Å². The molecule has 3 atom stereocenters. The summed E-state index contributed by atoms with van der Waals surface area (Å²) in [6.45, 7) is 4.98. The van der Waals surface area contributed by atoms with E-state index < -0.39 is 21.6 Å². The molecule has 1 aliphatic heterocycles. The normalized spacial score (nSPS) is 27.6. The second-order valence-corrected chi connectivity index (χ2v) is 5.75. The average molecular weight is 252 g/mol. The van der Waals surface area contributed by atoms with Gasteiger partial charge in [-0.1, -0.05) is 6.92 Å². The minimum atomic E-state index is -4.05. The van der Waals surface area contributed by atoms with Crippen molar-refractivity contribution in [2.24, 2.45) is 0 Å². The van der Waals surface area contributed by atoms with Crippen molar-refractivity contribution in [2.45, 2.75) is 37.8 Å². The highest BCUT2D eigenvalue weighted by atomic mass is 32.2. The Hall–Kier alpha value is -0.210. The zero-order chi connectivity index (χ0) is 12.3. The Balaban J connectivity index is 2.72. The van der Waals surface area contributed by atoms with Gasteiger partial charge in [0.1, 0.15) is 5.37 Å². The van der Waals surface area contributed by atoms with E-state index in [4.69, 9.17) is 4.55 Å². The van der Waals surface area contributed by atoms with E-state index in [2.05, 4.69) is 5.32 Å². The summed E-state index contributed by atoms with van der Waals surface area (Å²) < 4.78 is 31.4. The quantitative estimate of drug-likeness (QED) is 0.571. The molecule has 0 bridgehead atoms. The fourth-order valence-electron chi connectivity index (χ4n) is 2.04. The van der Waals surface area contributed by atoms with Crippen LogP contribution in [0.4, 0.5) is 0 Å². The van der Waals surface area contributed by atoms with Crippen molar-refractivity contribution in [3.8, 4) is 0 Å². The molecule has 7 heteroatoms. The van der Waals surface area contributed by atoms with Crippen LogP contribution >= 0.6 is 0 Å². The van der Waals surface area contributed by atoms with Gasteiger partial charge in [0.05, 0.1) is 6.10 Å². The van der Waals surface area contributed by atoms with Crippen molar-refractivity contribution in [3.63, 3.8) is 0 Å². The van der Waals surface area contributed by atoms with Gasteiger partial charge in [0, 0.05) is 25.7 Å². The minimum absolute atomic E-state index is 0.149. The number of aliphatic hydroxyl groups excluding tert-OH is 1. The summed E-state index contributed by atoms with van der Waals surface area (Å²) in [5, 5.41) is 11.7. The SMILES string of the molecule is CCC(N1CCNC(C(C)O)C1)S(=O)(=O)O.